The summed E-state index contributed by atoms with van der Waals surface area (Å²) in [5.41, 5.74) is 2.58. The number of aryl methyl sites for hydroxylation is 1. The number of rotatable bonds is 3. The van der Waals surface area contributed by atoms with Gasteiger partial charge in [-0.2, -0.15) is 0 Å². The minimum Gasteiger partial charge on any atom is -0.207 e. The predicted octanol–water partition coefficient (Wildman–Crippen LogP) is 3.72. The highest BCUT2D eigenvalue weighted by molar-refractivity contribution is 5.17. The minimum atomic E-state index is -0.161. The number of hydrogen-bond acceptors (Lipinski definition) is 0. The molecule has 0 aromatic heterocycles. The van der Waals surface area contributed by atoms with E-state index in [1.807, 2.05) is 19.1 Å². The molecule has 1 heteroatoms. The van der Waals surface area contributed by atoms with Crippen LogP contribution in [0.4, 0.5) is 4.39 Å². The quantitative estimate of drug-likeness (QED) is 0.619. The van der Waals surface area contributed by atoms with Gasteiger partial charge in [0.1, 0.15) is 5.82 Å². The Balaban J connectivity index is 2.51. The van der Waals surface area contributed by atoms with Gasteiger partial charge >= 0.3 is 0 Å². The SMILES string of the molecule is C/C=C(\C)CCc1ccc(F)cc1. The molecule has 1 aromatic carbocycles. The molecule has 0 nitrogen and oxygen atoms in total. The Morgan fingerprint density at radius 2 is 1.92 bits per heavy atom. The molecule has 0 saturated carbocycles. The Morgan fingerprint density at radius 3 is 2.46 bits per heavy atom. The third-order valence-corrected chi connectivity index (χ3v) is 2.21. The van der Waals surface area contributed by atoms with Gasteiger partial charge in [-0.15, -0.1) is 0 Å². The Labute approximate surface area is 79.1 Å². The van der Waals surface area contributed by atoms with E-state index in [4.69, 9.17) is 0 Å². The zero-order chi connectivity index (χ0) is 9.68. The molecular formula is C12H15F. The molecule has 0 heterocycles. The maximum atomic E-state index is 12.5. The van der Waals surface area contributed by atoms with Crippen LogP contribution in [0.25, 0.3) is 0 Å². The van der Waals surface area contributed by atoms with Crippen LogP contribution in [0.15, 0.2) is 35.9 Å². The van der Waals surface area contributed by atoms with Crippen molar-refractivity contribution in [2.45, 2.75) is 26.7 Å². The van der Waals surface area contributed by atoms with Crippen molar-refractivity contribution in [3.05, 3.63) is 47.3 Å². The third kappa shape index (κ3) is 3.41. The molecule has 0 atom stereocenters. The molecule has 0 aliphatic rings. The second-order valence-corrected chi connectivity index (χ2v) is 3.26. The molecular weight excluding hydrogens is 163 g/mol. The van der Waals surface area contributed by atoms with Crippen LogP contribution in [-0.2, 0) is 6.42 Å². The van der Waals surface area contributed by atoms with Crippen LogP contribution < -0.4 is 0 Å². The van der Waals surface area contributed by atoms with E-state index in [1.165, 1.54) is 23.3 Å². The molecule has 0 aliphatic heterocycles. The molecule has 0 radical (unpaired) electrons. The first-order valence-corrected chi connectivity index (χ1v) is 4.58. The summed E-state index contributed by atoms with van der Waals surface area (Å²) in [6.45, 7) is 4.16. The van der Waals surface area contributed by atoms with E-state index < -0.39 is 0 Å². The third-order valence-electron chi connectivity index (χ3n) is 2.21. The minimum absolute atomic E-state index is 0.161. The summed E-state index contributed by atoms with van der Waals surface area (Å²) in [4.78, 5) is 0. The van der Waals surface area contributed by atoms with Gasteiger partial charge in [0.05, 0.1) is 0 Å². The summed E-state index contributed by atoms with van der Waals surface area (Å²) in [5, 5.41) is 0. The number of hydrogen-bond donors (Lipinski definition) is 0. The van der Waals surface area contributed by atoms with Crippen LogP contribution in [0.1, 0.15) is 25.8 Å². The maximum absolute atomic E-state index is 12.5. The molecule has 0 unspecified atom stereocenters. The lowest BCUT2D eigenvalue weighted by Crippen LogP contribution is -1.86. The zero-order valence-corrected chi connectivity index (χ0v) is 8.18. The van der Waals surface area contributed by atoms with Gasteiger partial charge in [-0.1, -0.05) is 23.8 Å². The summed E-state index contributed by atoms with van der Waals surface area (Å²) in [6.07, 6.45) is 4.17. The van der Waals surface area contributed by atoms with E-state index in [9.17, 15) is 4.39 Å². The van der Waals surface area contributed by atoms with E-state index >= 15 is 0 Å². The van der Waals surface area contributed by atoms with Crippen molar-refractivity contribution in [3.63, 3.8) is 0 Å². The molecule has 0 fully saturated rings. The van der Waals surface area contributed by atoms with Crippen molar-refractivity contribution >= 4 is 0 Å². The van der Waals surface area contributed by atoms with Gasteiger partial charge in [-0.3, -0.25) is 0 Å². The van der Waals surface area contributed by atoms with E-state index in [2.05, 4.69) is 13.0 Å². The number of halogens is 1. The molecule has 70 valence electrons. The second-order valence-electron chi connectivity index (χ2n) is 3.26. The molecule has 0 saturated heterocycles. The van der Waals surface area contributed by atoms with Gasteiger partial charge in [0, 0.05) is 0 Å². The van der Waals surface area contributed by atoms with Gasteiger partial charge in [0.2, 0.25) is 0 Å². The summed E-state index contributed by atoms with van der Waals surface area (Å²) < 4.78 is 12.5. The van der Waals surface area contributed by atoms with E-state index in [0.717, 1.165) is 12.8 Å². The first-order chi connectivity index (χ1) is 6.22. The average molecular weight is 178 g/mol. The monoisotopic (exact) mass is 178 g/mol. The summed E-state index contributed by atoms with van der Waals surface area (Å²) in [5.74, 6) is -0.161. The lowest BCUT2D eigenvalue weighted by molar-refractivity contribution is 0.627. The fourth-order valence-electron chi connectivity index (χ4n) is 1.14. The number of allylic oxidation sites excluding steroid dienone is 2. The van der Waals surface area contributed by atoms with Crippen molar-refractivity contribution in [3.8, 4) is 0 Å². The van der Waals surface area contributed by atoms with Crippen LogP contribution >= 0.6 is 0 Å². The average Bonchev–Trinajstić information content (AvgIpc) is 2.16. The fraction of sp³-hybridized carbons (Fsp3) is 0.333. The molecule has 0 N–H and O–H groups in total. The summed E-state index contributed by atoms with van der Waals surface area (Å²) >= 11 is 0. The van der Waals surface area contributed by atoms with Gasteiger partial charge in [0.15, 0.2) is 0 Å². The van der Waals surface area contributed by atoms with Gasteiger partial charge < -0.3 is 0 Å². The van der Waals surface area contributed by atoms with Gasteiger partial charge in [0.25, 0.3) is 0 Å². The van der Waals surface area contributed by atoms with E-state index in [1.54, 1.807) is 0 Å². The Hall–Kier alpha value is -1.11. The van der Waals surface area contributed by atoms with Gasteiger partial charge in [-0.25, -0.2) is 4.39 Å². The van der Waals surface area contributed by atoms with Crippen LogP contribution in [0, 0.1) is 5.82 Å². The van der Waals surface area contributed by atoms with Crippen molar-refractivity contribution in [2.75, 3.05) is 0 Å². The fourth-order valence-corrected chi connectivity index (χ4v) is 1.14. The normalized spacial score (nSPS) is 11.8. The lowest BCUT2D eigenvalue weighted by Gasteiger charge is -2.01. The molecule has 13 heavy (non-hydrogen) atoms. The first-order valence-electron chi connectivity index (χ1n) is 4.58. The van der Waals surface area contributed by atoms with Crippen molar-refractivity contribution in [1.29, 1.82) is 0 Å². The molecule has 1 rings (SSSR count). The van der Waals surface area contributed by atoms with Crippen molar-refractivity contribution < 1.29 is 4.39 Å². The van der Waals surface area contributed by atoms with Crippen LogP contribution in [0.3, 0.4) is 0 Å². The topological polar surface area (TPSA) is 0 Å². The molecule has 0 amide bonds. The highest BCUT2D eigenvalue weighted by Crippen LogP contribution is 2.09. The van der Waals surface area contributed by atoms with Crippen molar-refractivity contribution in [1.82, 2.24) is 0 Å². The predicted molar refractivity (Wildman–Crippen MR) is 54.2 cm³/mol. The Morgan fingerprint density at radius 1 is 1.31 bits per heavy atom. The largest absolute Gasteiger partial charge is 0.207 e. The standard InChI is InChI=1S/C12H15F/c1-3-10(2)4-5-11-6-8-12(13)9-7-11/h3,6-9H,4-5H2,1-2H3/b10-3+. The maximum Gasteiger partial charge on any atom is 0.123 e. The van der Waals surface area contributed by atoms with Crippen LogP contribution in [0.5, 0.6) is 0 Å². The highest BCUT2D eigenvalue weighted by atomic mass is 19.1. The molecule has 0 bridgehead atoms. The summed E-state index contributed by atoms with van der Waals surface area (Å²) in [7, 11) is 0. The summed E-state index contributed by atoms with van der Waals surface area (Å²) in [6, 6.07) is 6.72. The Bertz CT molecular complexity index is 282. The smallest absolute Gasteiger partial charge is 0.123 e. The van der Waals surface area contributed by atoms with Gasteiger partial charge in [-0.05, 0) is 44.4 Å². The molecule has 0 spiro atoms. The number of benzene rings is 1. The van der Waals surface area contributed by atoms with Crippen molar-refractivity contribution in [2.24, 2.45) is 0 Å². The highest BCUT2D eigenvalue weighted by Gasteiger charge is 1.94. The van der Waals surface area contributed by atoms with Crippen LogP contribution in [-0.4, -0.2) is 0 Å². The molecule has 1 aromatic rings. The lowest BCUT2D eigenvalue weighted by atomic mass is 10.1. The Kier molecular flexibility index (Phi) is 3.69. The first kappa shape index (κ1) is 9.97. The zero-order valence-electron chi connectivity index (χ0n) is 8.18. The molecule has 0 aliphatic carbocycles. The van der Waals surface area contributed by atoms with E-state index in [-0.39, 0.29) is 5.82 Å². The van der Waals surface area contributed by atoms with Crippen LogP contribution in [0.2, 0.25) is 0 Å². The van der Waals surface area contributed by atoms with E-state index in [0.29, 0.717) is 0 Å². The second kappa shape index (κ2) is 4.80.